The number of halogens is 1. The molecule has 0 N–H and O–H groups in total. The molecule has 0 radical (unpaired) electrons. The second kappa shape index (κ2) is 7.92. The Bertz CT molecular complexity index is 627. The van der Waals surface area contributed by atoms with Crippen molar-refractivity contribution in [2.45, 2.75) is 44.4 Å². The lowest BCUT2D eigenvalue weighted by atomic mass is 9.74. The fourth-order valence-electron chi connectivity index (χ4n) is 3.75. The Labute approximate surface area is 147 Å². The van der Waals surface area contributed by atoms with E-state index in [1.165, 1.54) is 37.7 Å². The van der Waals surface area contributed by atoms with E-state index in [9.17, 15) is 4.79 Å². The highest BCUT2D eigenvalue weighted by Crippen LogP contribution is 2.38. The fraction of sp³-hybridized carbons (Fsp3) is 0.381. The Kier molecular flexibility index (Phi) is 5.66. The van der Waals surface area contributed by atoms with Crippen molar-refractivity contribution < 1.29 is 4.79 Å². The van der Waals surface area contributed by atoms with Crippen LogP contribution in [0.1, 0.15) is 60.4 Å². The Balaban J connectivity index is 1.80. The molecule has 1 aliphatic rings. The number of rotatable bonds is 5. The van der Waals surface area contributed by atoms with Crippen molar-refractivity contribution in [2.24, 2.45) is 5.92 Å². The van der Waals surface area contributed by atoms with Gasteiger partial charge in [-0.15, -0.1) is 0 Å². The van der Waals surface area contributed by atoms with E-state index in [1.54, 1.807) is 0 Å². The van der Waals surface area contributed by atoms with Gasteiger partial charge in [-0.3, -0.25) is 4.79 Å². The number of benzene rings is 2. The van der Waals surface area contributed by atoms with E-state index >= 15 is 0 Å². The van der Waals surface area contributed by atoms with E-state index in [-0.39, 0.29) is 5.78 Å². The van der Waals surface area contributed by atoms with E-state index < -0.39 is 0 Å². The third-order valence-corrected chi connectivity index (χ3v) is 5.55. The molecule has 1 aliphatic carbocycles. The maximum absolute atomic E-state index is 12.8. The maximum Gasteiger partial charge on any atom is 0.163 e. The largest absolute Gasteiger partial charge is 0.294 e. The van der Waals surface area contributed by atoms with Crippen LogP contribution >= 0.6 is 15.9 Å². The van der Waals surface area contributed by atoms with Crippen LogP contribution < -0.4 is 0 Å². The lowest BCUT2D eigenvalue weighted by molar-refractivity contribution is 0.0958. The fourth-order valence-corrected chi connectivity index (χ4v) is 4.01. The van der Waals surface area contributed by atoms with Crippen molar-refractivity contribution in [3.63, 3.8) is 0 Å². The number of carbonyl (C=O) groups is 1. The van der Waals surface area contributed by atoms with Gasteiger partial charge >= 0.3 is 0 Å². The summed E-state index contributed by atoms with van der Waals surface area (Å²) in [5.41, 5.74) is 2.15. The monoisotopic (exact) mass is 370 g/mol. The summed E-state index contributed by atoms with van der Waals surface area (Å²) in [6.45, 7) is 0. The van der Waals surface area contributed by atoms with Crippen LogP contribution in [0.2, 0.25) is 0 Å². The van der Waals surface area contributed by atoms with E-state index in [0.717, 1.165) is 10.0 Å². The van der Waals surface area contributed by atoms with E-state index in [4.69, 9.17) is 0 Å². The van der Waals surface area contributed by atoms with Gasteiger partial charge in [0.1, 0.15) is 0 Å². The van der Waals surface area contributed by atoms with Gasteiger partial charge in [-0.2, -0.15) is 0 Å². The summed E-state index contributed by atoms with van der Waals surface area (Å²) in [5.74, 6) is 1.26. The highest BCUT2D eigenvalue weighted by Gasteiger charge is 2.27. The predicted octanol–water partition coefficient (Wildman–Crippen LogP) is 6.39. The van der Waals surface area contributed by atoms with Crippen LogP contribution in [0.3, 0.4) is 0 Å². The molecule has 2 aromatic rings. The highest BCUT2D eigenvalue weighted by molar-refractivity contribution is 9.10. The van der Waals surface area contributed by atoms with Crippen molar-refractivity contribution in [2.75, 3.05) is 0 Å². The molecule has 1 unspecified atom stereocenters. The van der Waals surface area contributed by atoms with Gasteiger partial charge in [-0.25, -0.2) is 0 Å². The summed E-state index contributed by atoms with van der Waals surface area (Å²) in [5, 5.41) is 0. The lowest BCUT2D eigenvalue weighted by Crippen LogP contribution is -2.19. The normalized spacial score (nSPS) is 16.9. The molecule has 1 saturated carbocycles. The molecule has 0 aliphatic heterocycles. The Morgan fingerprint density at radius 2 is 1.61 bits per heavy atom. The first-order valence-corrected chi connectivity index (χ1v) is 9.37. The van der Waals surface area contributed by atoms with Gasteiger partial charge in [0.2, 0.25) is 0 Å². The quantitative estimate of drug-likeness (QED) is 0.557. The molecule has 2 aromatic carbocycles. The van der Waals surface area contributed by atoms with Crippen molar-refractivity contribution in [1.29, 1.82) is 0 Å². The van der Waals surface area contributed by atoms with Crippen LogP contribution in [-0.4, -0.2) is 5.78 Å². The molecule has 0 saturated heterocycles. The van der Waals surface area contributed by atoms with Gasteiger partial charge in [0.05, 0.1) is 0 Å². The molecular weight excluding hydrogens is 348 g/mol. The average Bonchev–Trinajstić information content (AvgIpc) is 2.61. The standard InChI is InChI=1S/C21H23BrO/c22-19-13-11-18(12-14-19)21(23)15-20(16-7-3-1-4-8-16)17-9-5-2-6-10-17/h1,3-4,7-8,11-14,17,20H,2,5-6,9-10,15H2. The highest BCUT2D eigenvalue weighted by atomic mass is 79.9. The third-order valence-electron chi connectivity index (χ3n) is 5.02. The first-order chi connectivity index (χ1) is 11.2. The number of Topliss-reactive ketones (excluding diaryl/α,β-unsaturated/α-hetero) is 1. The van der Waals surface area contributed by atoms with E-state index in [0.29, 0.717) is 18.3 Å². The maximum atomic E-state index is 12.8. The minimum atomic E-state index is 0.261. The SMILES string of the molecule is O=C(CC(c1ccccc1)C1CCCCC1)c1ccc(Br)cc1. The van der Waals surface area contributed by atoms with Crippen LogP contribution in [-0.2, 0) is 0 Å². The first kappa shape index (κ1) is 16.4. The average molecular weight is 371 g/mol. The van der Waals surface area contributed by atoms with Gasteiger partial charge in [-0.05, 0) is 42.4 Å². The summed E-state index contributed by atoms with van der Waals surface area (Å²) in [4.78, 5) is 12.8. The van der Waals surface area contributed by atoms with Crippen molar-refractivity contribution in [3.05, 3.63) is 70.2 Å². The molecule has 0 spiro atoms. The second-order valence-corrected chi connectivity index (χ2v) is 7.47. The van der Waals surface area contributed by atoms with Crippen molar-refractivity contribution >= 4 is 21.7 Å². The van der Waals surface area contributed by atoms with Crippen LogP contribution in [0, 0.1) is 5.92 Å². The second-order valence-electron chi connectivity index (χ2n) is 6.55. The Hall–Kier alpha value is -1.41. The predicted molar refractivity (Wildman–Crippen MR) is 98.8 cm³/mol. The minimum Gasteiger partial charge on any atom is -0.294 e. The van der Waals surface area contributed by atoms with Gasteiger partial charge in [0.15, 0.2) is 5.78 Å². The van der Waals surface area contributed by atoms with Crippen molar-refractivity contribution in [1.82, 2.24) is 0 Å². The molecule has 120 valence electrons. The molecule has 3 rings (SSSR count). The minimum absolute atomic E-state index is 0.261. The van der Waals surface area contributed by atoms with Gasteiger partial charge in [0.25, 0.3) is 0 Å². The van der Waals surface area contributed by atoms with E-state index in [1.807, 2.05) is 24.3 Å². The number of hydrogen-bond donors (Lipinski definition) is 0. The number of carbonyl (C=O) groups excluding carboxylic acids is 1. The molecule has 0 aromatic heterocycles. The molecule has 1 atom stereocenters. The zero-order valence-electron chi connectivity index (χ0n) is 13.4. The molecular formula is C21H23BrO. The molecule has 23 heavy (non-hydrogen) atoms. The van der Waals surface area contributed by atoms with Gasteiger partial charge in [-0.1, -0.05) is 77.7 Å². The van der Waals surface area contributed by atoms with Gasteiger partial charge in [0, 0.05) is 16.5 Å². The van der Waals surface area contributed by atoms with Crippen LogP contribution in [0.25, 0.3) is 0 Å². The molecule has 2 heteroatoms. The Morgan fingerprint density at radius 3 is 2.26 bits per heavy atom. The summed E-state index contributed by atoms with van der Waals surface area (Å²) in [7, 11) is 0. The third kappa shape index (κ3) is 4.32. The first-order valence-electron chi connectivity index (χ1n) is 8.58. The summed E-state index contributed by atoms with van der Waals surface area (Å²) < 4.78 is 1.01. The molecule has 1 fully saturated rings. The van der Waals surface area contributed by atoms with Gasteiger partial charge < -0.3 is 0 Å². The Morgan fingerprint density at radius 1 is 0.957 bits per heavy atom. The molecule has 0 bridgehead atoms. The number of ketones is 1. The summed E-state index contributed by atoms with van der Waals surface area (Å²) >= 11 is 3.43. The van der Waals surface area contributed by atoms with Crippen LogP contribution in [0.5, 0.6) is 0 Å². The zero-order valence-corrected chi connectivity index (χ0v) is 15.0. The zero-order chi connectivity index (χ0) is 16.1. The summed E-state index contributed by atoms with van der Waals surface area (Å²) in [6.07, 6.45) is 7.09. The smallest absolute Gasteiger partial charge is 0.163 e. The molecule has 1 nitrogen and oxygen atoms in total. The van der Waals surface area contributed by atoms with Crippen LogP contribution in [0.15, 0.2) is 59.1 Å². The molecule has 0 amide bonds. The van der Waals surface area contributed by atoms with E-state index in [2.05, 4.69) is 46.3 Å². The van der Waals surface area contributed by atoms with Crippen LogP contribution in [0.4, 0.5) is 0 Å². The van der Waals surface area contributed by atoms with Crippen molar-refractivity contribution in [3.8, 4) is 0 Å². The molecule has 0 heterocycles. The summed E-state index contributed by atoms with van der Waals surface area (Å²) in [6, 6.07) is 18.4. The topological polar surface area (TPSA) is 17.1 Å². The number of hydrogen-bond acceptors (Lipinski definition) is 1. The lowest BCUT2D eigenvalue weighted by Gasteiger charge is -2.30.